The Labute approximate surface area is 196 Å². The largest absolute Gasteiger partial charge is 0.457 e. The van der Waals surface area contributed by atoms with Gasteiger partial charge in [0.2, 0.25) is 0 Å². The van der Waals surface area contributed by atoms with E-state index in [0.29, 0.717) is 22.9 Å². The Morgan fingerprint density at radius 1 is 0.912 bits per heavy atom. The van der Waals surface area contributed by atoms with Gasteiger partial charge < -0.3 is 15.4 Å². The number of nitrogens with zero attached hydrogens (tertiary/aromatic N) is 3. The lowest BCUT2D eigenvalue weighted by Crippen LogP contribution is -2.19. The van der Waals surface area contributed by atoms with Gasteiger partial charge in [-0.15, -0.1) is 0 Å². The van der Waals surface area contributed by atoms with E-state index in [1.807, 2.05) is 30.5 Å². The molecule has 7 nitrogen and oxygen atoms in total. The van der Waals surface area contributed by atoms with E-state index in [2.05, 4.69) is 20.5 Å². The summed E-state index contributed by atoms with van der Waals surface area (Å²) in [6.07, 6.45) is 4.31. The standard InChI is InChI=1S/C26H24FN5O2/c27-18-6-8-19(9-7-18)30-26(33)31-20-4-3-5-22(14-20)34-23-10-11-24-25(15-23)29-21(16-28-24)17-32-12-1-2-13-32/h3-11,14-16H,1-2,12-13,17H2,(H2,30,31,33). The molecule has 172 valence electrons. The van der Waals surface area contributed by atoms with Gasteiger partial charge in [-0.25, -0.2) is 14.2 Å². The highest BCUT2D eigenvalue weighted by Gasteiger charge is 2.13. The van der Waals surface area contributed by atoms with Crippen LogP contribution in [0, 0.1) is 5.82 Å². The minimum Gasteiger partial charge on any atom is -0.457 e. The van der Waals surface area contributed by atoms with Crippen molar-refractivity contribution < 1.29 is 13.9 Å². The number of anilines is 2. The topological polar surface area (TPSA) is 79.4 Å². The third-order valence-corrected chi connectivity index (χ3v) is 5.58. The maximum atomic E-state index is 13.0. The van der Waals surface area contributed by atoms with Crippen molar-refractivity contribution in [3.8, 4) is 11.5 Å². The highest BCUT2D eigenvalue weighted by atomic mass is 19.1. The number of fused-ring (bicyclic) bond motifs is 1. The van der Waals surface area contributed by atoms with Crippen LogP contribution in [0.3, 0.4) is 0 Å². The van der Waals surface area contributed by atoms with Gasteiger partial charge in [0.25, 0.3) is 0 Å². The molecule has 0 atom stereocenters. The van der Waals surface area contributed by atoms with Crippen molar-refractivity contribution in [1.29, 1.82) is 0 Å². The summed E-state index contributed by atoms with van der Waals surface area (Å²) in [6, 6.07) is 17.8. The minimum absolute atomic E-state index is 0.363. The number of carbonyl (C=O) groups is 1. The van der Waals surface area contributed by atoms with Crippen LogP contribution in [0.4, 0.5) is 20.6 Å². The fourth-order valence-electron chi connectivity index (χ4n) is 3.94. The number of halogens is 1. The van der Waals surface area contributed by atoms with E-state index < -0.39 is 6.03 Å². The van der Waals surface area contributed by atoms with Crippen molar-refractivity contribution in [1.82, 2.24) is 14.9 Å². The zero-order chi connectivity index (χ0) is 23.3. The van der Waals surface area contributed by atoms with Crippen LogP contribution in [-0.2, 0) is 6.54 Å². The molecule has 1 saturated heterocycles. The monoisotopic (exact) mass is 457 g/mol. The highest BCUT2D eigenvalue weighted by Crippen LogP contribution is 2.27. The fraction of sp³-hybridized carbons (Fsp3) is 0.192. The summed E-state index contributed by atoms with van der Waals surface area (Å²) < 4.78 is 19.1. The van der Waals surface area contributed by atoms with Gasteiger partial charge in [0.15, 0.2) is 0 Å². The molecule has 4 aromatic rings. The molecule has 3 aromatic carbocycles. The van der Waals surface area contributed by atoms with Crippen molar-refractivity contribution in [2.24, 2.45) is 0 Å². The Kier molecular flexibility index (Phi) is 6.31. The molecule has 2 heterocycles. The molecular formula is C26H24FN5O2. The van der Waals surface area contributed by atoms with Crippen molar-refractivity contribution in [2.75, 3.05) is 23.7 Å². The molecule has 34 heavy (non-hydrogen) atoms. The smallest absolute Gasteiger partial charge is 0.323 e. The van der Waals surface area contributed by atoms with Gasteiger partial charge in [-0.2, -0.15) is 0 Å². The average Bonchev–Trinajstić information content (AvgIpc) is 3.34. The minimum atomic E-state index is -0.435. The van der Waals surface area contributed by atoms with Crippen LogP contribution in [0.1, 0.15) is 18.5 Å². The lowest BCUT2D eigenvalue weighted by molar-refractivity contribution is 0.262. The predicted molar refractivity (Wildman–Crippen MR) is 130 cm³/mol. The number of amides is 2. The quantitative estimate of drug-likeness (QED) is 0.383. The molecular weight excluding hydrogens is 433 g/mol. The number of hydrogen-bond donors (Lipinski definition) is 2. The van der Waals surface area contributed by atoms with Crippen LogP contribution in [0.25, 0.3) is 11.0 Å². The van der Waals surface area contributed by atoms with E-state index in [1.165, 1.54) is 37.1 Å². The average molecular weight is 458 g/mol. The lowest BCUT2D eigenvalue weighted by atomic mass is 10.2. The molecule has 0 aliphatic carbocycles. The van der Waals surface area contributed by atoms with Gasteiger partial charge >= 0.3 is 6.03 Å². The van der Waals surface area contributed by atoms with Crippen molar-refractivity contribution in [2.45, 2.75) is 19.4 Å². The Balaban J connectivity index is 1.26. The van der Waals surface area contributed by atoms with Gasteiger partial charge in [-0.05, 0) is 74.5 Å². The molecule has 1 fully saturated rings. The van der Waals surface area contributed by atoms with E-state index in [9.17, 15) is 9.18 Å². The maximum absolute atomic E-state index is 13.0. The van der Waals surface area contributed by atoms with Gasteiger partial charge in [0, 0.05) is 30.1 Å². The first-order chi connectivity index (χ1) is 16.6. The number of nitrogens with one attached hydrogen (secondary N) is 2. The second kappa shape index (κ2) is 9.84. The van der Waals surface area contributed by atoms with Crippen LogP contribution in [0.15, 0.2) is 72.9 Å². The zero-order valence-corrected chi connectivity index (χ0v) is 18.5. The van der Waals surface area contributed by atoms with Crippen LogP contribution >= 0.6 is 0 Å². The summed E-state index contributed by atoms with van der Waals surface area (Å²) >= 11 is 0. The third kappa shape index (κ3) is 5.47. The van der Waals surface area contributed by atoms with E-state index >= 15 is 0 Å². The first-order valence-electron chi connectivity index (χ1n) is 11.2. The molecule has 8 heteroatoms. The molecule has 2 N–H and O–H groups in total. The summed E-state index contributed by atoms with van der Waals surface area (Å²) in [4.78, 5) is 24.0. The number of carbonyl (C=O) groups excluding carboxylic acids is 1. The van der Waals surface area contributed by atoms with Gasteiger partial charge in [0.1, 0.15) is 17.3 Å². The Morgan fingerprint density at radius 2 is 1.68 bits per heavy atom. The summed E-state index contributed by atoms with van der Waals surface area (Å²) in [5, 5.41) is 5.41. The maximum Gasteiger partial charge on any atom is 0.323 e. The van der Waals surface area contributed by atoms with Crippen LogP contribution in [0.5, 0.6) is 11.5 Å². The summed E-state index contributed by atoms with van der Waals surface area (Å²) in [6.45, 7) is 3.02. The van der Waals surface area contributed by atoms with Gasteiger partial charge in [-0.3, -0.25) is 9.88 Å². The first-order valence-corrected chi connectivity index (χ1v) is 11.2. The van der Waals surface area contributed by atoms with E-state index in [1.54, 1.807) is 18.2 Å². The number of hydrogen-bond acceptors (Lipinski definition) is 5. The third-order valence-electron chi connectivity index (χ3n) is 5.58. The fourth-order valence-corrected chi connectivity index (χ4v) is 3.94. The molecule has 1 aliphatic heterocycles. The van der Waals surface area contributed by atoms with Crippen LogP contribution in [0.2, 0.25) is 0 Å². The number of benzene rings is 3. The second-order valence-electron chi connectivity index (χ2n) is 8.21. The number of urea groups is 1. The molecule has 0 radical (unpaired) electrons. The summed E-state index contributed by atoms with van der Waals surface area (Å²) in [5.41, 5.74) is 3.59. The molecule has 0 saturated carbocycles. The number of ether oxygens (including phenoxy) is 1. The number of likely N-dealkylation sites (tertiary alicyclic amines) is 1. The number of rotatable bonds is 6. The number of aromatic nitrogens is 2. The Bertz CT molecular complexity index is 1310. The van der Waals surface area contributed by atoms with E-state index in [0.717, 1.165) is 36.4 Å². The molecule has 1 aromatic heterocycles. The van der Waals surface area contributed by atoms with Crippen LogP contribution in [-0.4, -0.2) is 34.0 Å². The summed E-state index contributed by atoms with van der Waals surface area (Å²) in [5.74, 6) is 0.839. The molecule has 0 spiro atoms. The first kappa shape index (κ1) is 21.8. The lowest BCUT2D eigenvalue weighted by Gasteiger charge is -2.14. The van der Waals surface area contributed by atoms with E-state index in [4.69, 9.17) is 9.72 Å². The molecule has 0 unspecified atom stereocenters. The highest BCUT2D eigenvalue weighted by molar-refractivity contribution is 5.99. The van der Waals surface area contributed by atoms with Crippen LogP contribution < -0.4 is 15.4 Å². The molecule has 2 amide bonds. The van der Waals surface area contributed by atoms with Gasteiger partial charge in [-0.1, -0.05) is 6.07 Å². The normalized spacial score (nSPS) is 13.7. The summed E-state index contributed by atoms with van der Waals surface area (Å²) in [7, 11) is 0. The molecule has 5 rings (SSSR count). The molecule has 0 bridgehead atoms. The van der Waals surface area contributed by atoms with Crippen molar-refractivity contribution in [3.63, 3.8) is 0 Å². The Morgan fingerprint density at radius 3 is 2.50 bits per heavy atom. The van der Waals surface area contributed by atoms with Crippen molar-refractivity contribution in [3.05, 3.63) is 84.4 Å². The second-order valence-corrected chi connectivity index (χ2v) is 8.21. The zero-order valence-electron chi connectivity index (χ0n) is 18.5. The van der Waals surface area contributed by atoms with E-state index in [-0.39, 0.29) is 5.82 Å². The predicted octanol–water partition coefficient (Wildman–Crippen LogP) is 5.80. The van der Waals surface area contributed by atoms with Gasteiger partial charge in [0.05, 0.1) is 22.9 Å². The SMILES string of the molecule is O=C(Nc1ccc(F)cc1)Nc1cccc(Oc2ccc3ncc(CN4CCCC4)nc3c2)c1. The van der Waals surface area contributed by atoms with Crippen molar-refractivity contribution >= 4 is 28.4 Å². The molecule has 1 aliphatic rings. The Hall–Kier alpha value is -4.04.